The molecule has 2 heterocycles. The topological polar surface area (TPSA) is 68.3 Å². The van der Waals surface area contributed by atoms with Gasteiger partial charge in [-0.2, -0.15) is 0 Å². The summed E-state index contributed by atoms with van der Waals surface area (Å²) in [6.07, 6.45) is -0.355. The van der Waals surface area contributed by atoms with Gasteiger partial charge in [-0.05, 0) is 73.6 Å². The molecule has 9 heteroatoms. The van der Waals surface area contributed by atoms with Crippen molar-refractivity contribution in [2.24, 2.45) is 0 Å². The number of nitrogens with zero attached hydrogens (tertiary/aromatic N) is 2. The third-order valence-corrected chi connectivity index (χ3v) is 6.64. The number of ether oxygens (including phenoxy) is 1. The Balaban J connectivity index is 1.73. The van der Waals surface area contributed by atoms with Crippen LogP contribution in [0.5, 0.6) is 0 Å². The largest absolute Gasteiger partial charge is 0.496 e. The van der Waals surface area contributed by atoms with Crippen LogP contribution >= 0.6 is 11.6 Å². The summed E-state index contributed by atoms with van der Waals surface area (Å²) in [7, 11) is -0.650. The van der Waals surface area contributed by atoms with Gasteiger partial charge >= 0.3 is 13.2 Å². The van der Waals surface area contributed by atoms with Crippen molar-refractivity contribution >= 4 is 36.2 Å². The summed E-state index contributed by atoms with van der Waals surface area (Å²) in [4.78, 5) is 29.1. The van der Waals surface area contributed by atoms with Gasteiger partial charge in [-0.1, -0.05) is 11.6 Å². The van der Waals surface area contributed by atoms with Gasteiger partial charge in [0.15, 0.2) is 0 Å². The van der Waals surface area contributed by atoms with Crippen molar-refractivity contribution in [3.63, 3.8) is 0 Å². The van der Waals surface area contributed by atoms with Gasteiger partial charge in [-0.15, -0.1) is 0 Å². The zero-order valence-electron chi connectivity index (χ0n) is 20.3. The van der Waals surface area contributed by atoms with Crippen LogP contribution in [0.2, 0.25) is 5.02 Å². The minimum Gasteiger partial charge on any atom is -0.444 e. The molecule has 0 unspecified atom stereocenters. The number of piperazine rings is 1. The van der Waals surface area contributed by atoms with Gasteiger partial charge in [0.2, 0.25) is 0 Å². The molecule has 1 aromatic rings. The molecule has 3 rings (SSSR count). The monoisotopic (exact) mass is 464 g/mol. The zero-order valence-corrected chi connectivity index (χ0v) is 21.1. The molecule has 1 aromatic carbocycles. The van der Waals surface area contributed by atoms with E-state index in [1.165, 1.54) is 0 Å². The normalized spacial score (nSPS) is 22.8. The van der Waals surface area contributed by atoms with Crippen molar-refractivity contribution in [2.45, 2.75) is 78.2 Å². The average molecular weight is 465 g/mol. The van der Waals surface area contributed by atoms with E-state index in [9.17, 15) is 9.59 Å². The second-order valence-corrected chi connectivity index (χ2v) is 11.0. The van der Waals surface area contributed by atoms with Gasteiger partial charge < -0.3 is 23.8 Å². The van der Waals surface area contributed by atoms with Gasteiger partial charge in [0.05, 0.1) is 11.2 Å². The molecule has 2 amide bonds. The number of hydrogen-bond acceptors (Lipinski definition) is 5. The molecular weight excluding hydrogens is 431 g/mol. The summed E-state index contributed by atoms with van der Waals surface area (Å²) in [6, 6.07) is 5.01. The molecule has 7 nitrogen and oxygen atoms in total. The van der Waals surface area contributed by atoms with E-state index in [1.807, 2.05) is 55.4 Å². The first-order valence-corrected chi connectivity index (χ1v) is 11.4. The SMILES string of the molecule is C[C@H]1CN(C(=O)c2ccc(Cl)c(B3OC(C)(C)C(C)(C)O3)c2)CCN1C(=O)OC(C)(C)C. The van der Waals surface area contributed by atoms with Crippen LogP contribution < -0.4 is 5.46 Å². The Hall–Kier alpha value is -1.77. The fourth-order valence-electron chi connectivity index (χ4n) is 3.74. The minimum atomic E-state index is -0.650. The number of halogens is 1. The second kappa shape index (κ2) is 8.54. The number of carbonyl (C=O) groups is 2. The van der Waals surface area contributed by atoms with Crippen molar-refractivity contribution in [3.8, 4) is 0 Å². The molecule has 2 saturated heterocycles. The second-order valence-electron chi connectivity index (χ2n) is 10.6. The molecule has 0 N–H and O–H groups in total. The van der Waals surface area contributed by atoms with Crippen molar-refractivity contribution in [2.75, 3.05) is 19.6 Å². The van der Waals surface area contributed by atoms with E-state index in [0.717, 1.165) is 0 Å². The molecule has 2 aliphatic rings. The van der Waals surface area contributed by atoms with Crippen LogP contribution in [-0.4, -0.2) is 71.4 Å². The number of hydrogen-bond donors (Lipinski definition) is 0. The predicted octanol–water partition coefficient (Wildman–Crippen LogP) is 3.72. The summed E-state index contributed by atoms with van der Waals surface area (Å²) in [6.45, 7) is 16.6. The lowest BCUT2D eigenvalue weighted by Gasteiger charge is -2.40. The smallest absolute Gasteiger partial charge is 0.444 e. The molecule has 176 valence electrons. The highest BCUT2D eigenvalue weighted by Gasteiger charge is 2.52. The van der Waals surface area contributed by atoms with Gasteiger partial charge in [-0.3, -0.25) is 4.79 Å². The predicted molar refractivity (Wildman–Crippen MR) is 125 cm³/mol. The molecule has 32 heavy (non-hydrogen) atoms. The molecular formula is C23H34BClN2O5. The molecule has 0 saturated carbocycles. The Bertz CT molecular complexity index is 883. The fraction of sp³-hybridized carbons (Fsp3) is 0.652. The minimum absolute atomic E-state index is 0.116. The third-order valence-electron chi connectivity index (χ3n) is 6.29. The van der Waals surface area contributed by atoms with E-state index < -0.39 is 23.9 Å². The van der Waals surface area contributed by atoms with Crippen LogP contribution in [-0.2, 0) is 14.0 Å². The Morgan fingerprint density at radius 1 is 1.12 bits per heavy atom. The maximum atomic E-state index is 13.3. The first-order chi connectivity index (χ1) is 14.6. The highest BCUT2D eigenvalue weighted by atomic mass is 35.5. The van der Waals surface area contributed by atoms with Crippen LogP contribution in [0.15, 0.2) is 18.2 Å². The summed E-state index contributed by atoms with van der Waals surface area (Å²) in [5, 5.41) is 0.489. The lowest BCUT2D eigenvalue weighted by Crippen LogP contribution is -2.56. The third kappa shape index (κ3) is 5.08. The van der Waals surface area contributed by atoms with Crippen molar-refractivity contribution in [3.05, 3.63) is 28.8 Å². The van der Waals surface area contributed by atoms with Crippen LogP contribution in [0.3, 0.4) is 0 Å². The van der Waals surface area contributed by atoms with E-state index in [2.05, 4.69) is 0 Å². The molecule has 0 aromatic heterocycles. The van der Waals surface area contributed by atoms with Gasteiger partial charge in [-0.25, -0.2) is 4.79 Å². The van der Waals surface area contributed by atoms with Crippen LogP contribution in [0, 0.1) is 0 Å². The zero-order chi connectivity index (χ0) is 24.1. The highest BCUT2D eigenvalue weighted by molar-refractivity contribution is 6.65. The molecule has 0 aliphatic carbocycles. The fourth-order valence-corrected chi connectivity index (χ4v) is 3.95. The first kappa shape index (κ1) is 24.9. The summed E-state index contributed by atoms with van der Waals surface area (Å²) >= 11 is 6.44. The number of benzene rings is 1. The van der Waals surface area contributed by atoms with E-state index in [-0.39, 0.29) is 18.0 Å². The van der Waals surface area contributed by atoms with E-state index >= 15 is 0 Å². The maximum Gasteiger partial charge on any atom is 0.496 e. The standard InChI is InChI=1S/C23H34BClN2O5/c1-15-14-26(11-12-27(15)20(29)30-21(2,3)4)19(28)16-9-10-18(25)17(13-16)24-31-22(5,6)23(7,8)32-24/h9-10,13,15H,11-12,14H2,1-8H3/t15-/m0/s1. The quantitative estimate of drug-likeness (QED) is 0.624. The Kier molecular flexibility index (Phi) is 6.64. The molecule has 0 bridgehead atoms. The van der Waals surface area contributed by atoms with Crippen molar-refractivity contribution in [1.82, 2.24) is 9.80 Å². The maximum absolute atomic E-state index is 13.3. The molecule has 2 fully saturated rings. The first-order valence-electron chi connectivity index (χ1n) is 11.1. The molecule has 1 atom stereocenters. The van der Waals surface area contributed by atoms with Gasteiger partial charge in [0.25, 0.3) is 5.91 Å². The summed E-state index contributed by atoms with van der Waals surface area (Å²) < 4.78 is 17.7. The van der Waals surface area contributed by atoms with E-state index in [0.29, 0.717) is 35.7 Å². The average Bonchev–Trinajstić information content (AvgIpc) is 2.87. The lowest BCUT2D eigenvalue weighted by atomic mass is 9.78. The Morgan fingerprint density at radius 2 is 1.72 bits per heavy atom. The van der Waals surface area contributed by atoms with Crippen LogP contribution in [0.4, 0.5) is 4.79 Å². The lowest BCUT2D eigenvalue weighted by molar-refractivity contribution is 0.00198. The Labute approximate surface area is 196 Å². The number of rotatable bonds is 2. The van der Waals surface area contributed by atoms with Gasteiger partial charge in [0.1, 0.15) is 5.60 Å². The van der Waals surface area contributed by atoms with Crippen molar-refractivity contribution in [1.29, 1.82) is 0 Å². The van der Waals surface area contributed by atoms with Crippen LogP contribution in [0.25, 0.3) is 0 Å². The summed E-state index contributed by atoms with van der Waals surface area (Å²) in [5.74, 6) is -0.116. The number of carbonyl (C=O) groups excluding carboxylic acids is 2. The van der Waals surface area contributed by atoms with Crippen LogP contribution in [0.1, 0.15) is 65.7 Å². The number of amides is 2. The Morgan fingerprint density at radius 3 is 2.25 bits per heavy atom. The summed E-state index contributed by atoms with van der Waals surface area (Å²) in [5.41, 5.74) is -0.423. The van der Waals surface area contributed by atoms with E-state index in [1.54, 1.807) is 28.0 Å². The molecule has 2 aliphatic heterocycles. The molecule has 0 spiro atoms. The van der Waals surface area contributed by atoms with Crippen molar-refractivity contribution < 1.29 is 23.6 Å². The van der Waals surface area contributed by atoms with E-state index in [4.69, 9.17) is 25.6 Å². The highest BCUT2D eigenvalue weighted by Crippen LogP contribution is 2.37. The van der Waals surface area contributed by atoms with Gasteiger partial charge in [0, 0.05) is 41.7 Å². The molecule has 0 radical (unpaired) electrons.